The molecule has 1 aliphatic rings. The molecule has 7 heteroatoms. The van der Waals surface area contributed by atoms with Gasteiger partial charge in [-0.2, -0.15) is 10.5 Å². The third kappa shape index (κ3) is 3.13. The van der Waals surface area contributed by atoms with Gasteiger partial charge >= 0.3 is 7.40 Å². The molecule has 3 rings (SSSR count). The highest BCUT2D eigenvalue weighted by molar-refractivity contribution is 6.41. The van der Waals surface area contributed by atoms with Gasteiger partial charge < -0.3 is 4.48 Å². The van der Waals surface area contributed by atoms with Crippen molar-refractivity contribution in [1.82, 2.24) is 4.48 Å². The van der Waals surface area contributed by atoms with Crippen LogP contribution in [0.5, 0.6) is 0 Å². The van der Waals surface area contributed by atoms with E-state index >= 15 is 0 Å². The molecule has 2 heterocycles. The predicted octanol–water partition coefficient (Wildman–Crippen LogP) is 4.80. The third-order valence-electron chi connectivity index (χ3n) is 5.30. The first kappa shape index (κ1) is 20.8. The predicted molar refractivity (Wildman–Crippen MR) is 114 cm³/mol. The zero-order chi connectivity index (χ0) is 22.2. The topological polar surface area (TPSA) is 64.9 Å². The van der Waals surface area contributed by atoms with E-state index in [1.807, 2.05) is 6.07 Å². The van der Waals surface area contributed by atoms with Crippen LogP contribution < -0.4 is 0 Å². The van der Waals surface area contributed by atoms with Crippen molar-refractivity contribution in [3.63, 3.8) is 0 Å². The number of terminal acetylenes is 1. The molecule has 1 aromatic carbocycles. The summed E-state index contributed by atoms with van der Waals surface area (Å²) in [5, 5.41) is 19.1. The minimum absolute atomic E-state index is 0.180. The standard InChI is InChI=1S/C23H17BF2N4/c1-6-17-7-9-18(10-8-17)21(22-13(2)19(11-27)15(4)29-22)23-14(3)20(12-28)16(5)30(23)24(25)26/h1,7-10H,2-5H3/b22-21-. The number of hydrogen-bond acceptors (Lipinski definition) is 3. The van der Waals surface area contributed by atoms with Gasteiger partial charge in [-0.3, -0.25) is 13.6 Å². The first-order valence-corrected chi connectivity index (χ1v) is 9.15. The van der Waals surface area contributed by atoms with Crippen molar-refractivity contribution >= 4 is 18.7 Å². The second-order valence-electron chi connectivity index (χ2n) is 6.95. The van der Waals surface area contributed by atoms with E-state index < -0.39 is 7.40 Å². The van der Waals surface area contributed by atoms with Crippen molar-refractivity contribution in [2.45, 2.75) is 27.7 Å². The molecular formula is C23H17BF2N4. The van der Waals surface area contributed by atoms with Crippen molar-refractivity contribution in [3.8, 4) is 24.5 Å². The molecule has 30 heavy (non-hydrogen) atoms. The van der Waals surface area contributed by atoms with Crippen LogP contribution in [0, 0.1) is 48.9 Å². The number of aliphatic imine (C=N–C) groups is 1. The minimum atomic E-state index is -2.85. The Balaban J connectivity index is 2.50. The molecule has 0 bridgehead atoms. The molecule has 1 aromatic heterocycles. The van der Waals surface area contributed by atoms with E-state index in [0.717, 1.165) is 4.48 Å². The average molecular weight is 398 g/mol. The normalized spacial score (nSPS) is 14.7. The van der Waals surface area contributed by atoms with Gasteiger partial charge in [0.1, 0.15) is 12.1 Å². The Labute approximate surface area is 174 Å². The fraction of sp³-hybridized carbons (Fsp3) is 0.174. The summed E-state index contributed by atoms with van der Waals surface area (Å²) in [6.07, 6.45) is 5.45. The second kappa shape index (κ2) is 7.86. The van der Waals surface area contributed by atoms with E-state index in [1.54, 1.807) is 45.0 Å². The van der Waals surface area contributed by atoms with Crippen LogP contribution in [0.15, 0.2) is 46.1 Å². The number of nitriles is 2. The molecule has 0 unspecified atom stereocenters. The number of benzene rings is 1. The van der Waals surface area contributed by atoms with Gasteiger partial charge in [0.2, 0.25) is 0 Å². The summed E-state index contributed by atoms with van der Waals surface area (Å²) in [6, 6.07) is 11.1. The average Bonchev–Trinajstić information content (AvgIpc) is 3.14. The van der Waals surface area contributed by atoms with Gasteiger partial charge in [0.15, 0.2) is 0 Å². The van der Waals surface area contributed by atoms with Crippen LogP contribution in [0.4, 0.5) is 8.63 Å². The zero-order valence-corrected chi connectivity index (χ0v) is 17.0. The quantitative estimate of drug-likeness (QED) is 0.551. The summed E-state index contributed by atoms with van der Waals surface area (Å²) in [6.45, 7) is 6.59. The SMILES string of the molecule is C#Cc1ccc(/C(=C2/N=C(C)C(C#N)=C2C)c2c(C)c(C#N)c(C)n2B(F)F)cc1. The highest BCUT2D eigenvalue weighted by atomic mass is 19.2. The van der Waals surface area contributed by atoms with E-state index in [-0.39, 0.29) is 17.0 Å². The molecule has 1 aliphatic heterocycles. The molecule has 0 radical (unpaired) electrons. The molecule has 0 fully saturated rings. The highest BCUT2D eigenvalue weighted by Crippen LogP contribution is 2.39. The number of halogens is 2. The monoisotopic (exact) mass is 398 g/mol. The maximum absolute atomic E-state index is 14.1. The van der Waals surface area contributed by atoms with Crippen molar-refractivity contribution in [2.75, 3.05) is 0 Å². The van der Waals surface area contributed by atoms with E-state index in [0.29, 0.717) is 44.8 Å². The summed E-state index contributed by atoms with van der Waals surface area (Å²) in [5.74, 6) is 2.53. The summed E-state index contributed by atoms with van der Waals surface area (Å²) < 4.78 is 29.1. The van der Waals surface area contributed by atoms with Gasteiger partial charge in [0.25, 0.3) is 0 Å². The molecule has 0 amide bonds. The molecule has 2 aromatic rings. The lowest BCUT2D eigenvalue weighted by atomic mass is 9.92. The van der Waals surface area contributed by atoms with Gasteiger partial charge in [-0.1, -0.05) is 18.1 Å². The largest absolute Gasteiger partial charge is 0.677 e. The molecule has 0 atom stereocenters. The fourth-order valence-corrected chi connectivity index (χ4v) is 3.80. The molecule has 0 aliphatic carbocycles. The van der Waals surface area contributed by atoms with Crippen LogP contribution in [0.3, 0.4) is 0 Å². The summed E-state index contributed by atoms with van der Waals surface area (Å²) in [4.78, 5) is 4.54. The van der Waals surface area contributed by atoms with Crippen LogP contribution in [0.25, 0.3) is 5.57 Å². The van der Waals surface area contributed by atoms with Gasteiger partial charge in [-0.15, -0.1) is 6.42 Å². The van der Waals surface area contributed by atoms with Gasteiger partial charge in [-0.25, -0.2) is 0 Å². The Hall–Kier alpha value is -3.89. The van der Waals surface area contributed by atoms with Gasteiger partial charge in [0, 0.05) is 22.5 Å². The van der Waals surface area contributed by atoms with Crippen LogP contribution in [0.1, 0.15) is 47.5 Å². The molecule has 0 N–H and O–H groups in total. The molecule has 146 valence electrons. The summed E-state index contributed by atoms with van der Waals surface area (Å²) in [5.41, 5.74) is 4.68. The maximum Gasteiger partial charge on any atom is 0.677 e. The second-order valence-corrected chi connectivity index (χ2v) is 6.95. The number of nitrogens with zero attached hydrogens (tertiary/aromatic N) is 4. The van der Waals surface area contributed by atoms with E-state index in [4.69, 9.17) is 6.42 Å². The van der Waals surface area contributed by atoms with Crippen molar-refractivity contribution in [3.05, 3.63) is 74.8 Å². The van der Waals surface area contributed by atoms with Crippen molar-refractivity contribution in [2.24, 2.45) is 4.99 Å². The van der Waals surface area contributed by atoms with Gasteiger partial charge in [0.05, 0.1) is 22.5 Å². The number of rotatable bonds is 3. The molecule has 0 saturated carbocycles. The molecule has 4 nitrogen and oxygen atoms in total. The lowest BCUT2D eigenvalue weighted by molar-refractivity contribution is 0.624. The lowest BCUT2D eigenvalue weighted by Gasteiger charge is -2.16. The van der Waals surface area contributed by atoms with Crippen LogP contribution in [-0.2, 0) is 0 Å². The molecule has 0 saturated heterocycles. The maximum atomic E-state index is 14.1. The van der Waals surface area contributed by atoms with Gasteiger partial charge in [-0.05, 0) is 56.5 Å². The number of aromatic nitrogens is 1. The Morgan fingerprint density at radius 1 is 1.07 bits per heavy atom. The van der Waals surface area contributed by atoms with Crippen molar-refractivity contribution < 1.29 is 8.63 Å². The Morgan fingerprint density at radius 3 is 2.17 bits per heavy atom. The molecule has 0 spiro atoms. The number of allylic oxidation sites excluding steroid dienone is 2. The third-order valence-corrected chi connectivity index (χ3v) is 5.30. The molecular weight excluding hydrogens is 381 g/mol. The fourth-order valence-electron chi connectivity index (χ4n) is 3.80. The van der Waals surface area contributed by atoms with Crippen LogP contribution >= 0.6 is 0 Å². The van der Waals surface area contributed by atoms with Crippen molar-refractivity contribution in [1.29, 1.82) is 10.5 Å². The Morgan fingerprint density at radius 2 is 1.70 bits per heavy atom. The summed E-state index contributed by atoms with van der Waals surface area (Å²) >= 11 is 0. The summed E-state index contributed by atoms with van der Waals surface area (Å²) in [7, 11) is -2.85. The lowest BCUT2D eigenvalue weighted by Crippen LogP contribution is -2.18. The van der Waals surface area contributed by atoms with E-state index in [2.05, 4.69) is 17.0 Å². The van der Waals surface area contributed by atoms with E-state index in [9.17, 15) is 19.2 Å². The van der Waals surface area contributed by atoms with E-state index in [1.165, 1.54) is 6.92 Å². The number of hydrogen-bond donors (Lipinski definition) is 0. The Bertz CT molecular complexity index is 1270. The zero-order valence-electron chi connectivity index (χ0n) is 17.0. The first-order chi connectivity index (χ1) is 14.3. The first-order valence-electron chi connectivity index (χ1n) is 9.15. The smallest absolute Gasteiger partial charge is 0.328 e. The highest BCUT2D eigenvalue weighted by Gasteiger charge is 2.32. The van der Waals surface area contributed by atoms with Crippen LogP contribution in [-0.4, -0.2) is 17.6 Å². The Kier molecular flexibility index (Phi) is 5.46. The minimum Gasteiger partial charge on any atom is -0.328 e. The van der Waals surface area contributed by atoms with Crippen LogP contribution in [0.2, 0.25) is 0 Å².